The summed E-state index contributed by atoms with van der Waals surface area (Å²) in [5.41, 5.74) is 1.00. The number of sulfonamides is 1. The molecule has 130 valence electrons. The number of nitrogens with zero attached hydrogens (tertiary/aromatic N) is 1. The Morgan fingerprint density at radius 1 is 1.08 bits per heavy atom. The fourth-order valence-corrected chi connectivity index (χ4v) is 3.00. The summed E-state index contributed by atoms with van der Waals surface area (Å²) in [5.74, 6) is -2.25. The lowest BCUT2D eigenvalue weighted by molar-refractivity contribution is 0.504. The lowest BCUT2D eigenvalue weighted by Crippen LogP contribution is -2.15. The first-order chi connectivity index (χ1) is 11.7. The third-order valence-corrected chi connectivity index (χ3v) is 4.57. The van der Waals surface area contributed by atoms with Crippen molar-refractivity contribution in [3.8, 4) is 16.9 Å². The summed E-state index contributed by atoms with van der Waals surface area (Å²) >= 11 is 0. The predicted octanol–water partition coefficient (Wildman–Crippen LogP) is 2.33. The van der Waals surface area contributed by atoms with E-state index in [0.717, 1.165) is 23.0 Å². The van der Waals surface area contributed by atoms with Gasteiger partial charge in [0, 0.05) is 5.56 Å². The topological polar surface area (TPSA) is 95.3 Å². The second-order valence-corrected chi connectivity index (χ2v) is 6.88. The first-order valence-electron chi connectivity index (χ1n) is 6.98. The van der Waals surface area contributed by atoms with Gasteiger partial charge in [-0.3, -0.25) is 0 Å². The number of halogens is 2. The van der Waals surface area contributed by atoms with Gasteiger partial charge in [0.25, 0.3) is 0 Å². The first-order valence-corrected chi connectivity index (χ1v) is 8.53. The Kier molecular flexibility index (Phi) is 4.05. The Morgan fingerprint density at radius 3 is 2.40 bits per heavy atom. The standard InChI is InChI=1S/C16H12F2N2O4S/c1-9-6-11(3-4-12(9)17)20-14(8-24-16(20)21)10-2-5-15(13(18)7-10)25(19,22)23/h2-8H,1H3,(H2,19,22,23). The highest BCUT2D eigenvalue weighted by atomic mass is 32.2. The van der Waals surface area contributed by atoms with Crippen molar-refractivity contribution in [3.63, 3.8) is 0 Å². The fourth-order valence-electron chi connectivity index (χ4n) is 2.41. The molecule has 0 aliphatic carbocycles. The molecule has 0 fully saturated rings. The van der Waals surface area contributed by atoms with E-state index in [0.29, 0.717) is 11.3 Å². The zero-order valence-electron chi connectivity index (χ0n) is 12.9. The summed E-state index contributed by atoms with van der Waals surface area (Å²) in [6.45, 7) is 1.53. The SMILES string of the molecule is Cc1cc(-n2c(-c3ccc(S(N)(=O)=O)c(F)c3)coc2=O)ccc1F. The Morgan fingerprint density at radius 2 is 1.80 bits per heavy atom. The van der Waals surface area contributed by atoms with Crippen molar-refractivity contribution < 1.29 is 21.6 Å². The van der Waals surface area contributed by atoms with E-state index < -0.39 is 32.3 Å². The van der Waals surface area contributed by atoms with Gasteiger partial charge in [-0.05, 0) is 42.8 Å². The number of hydrogen-bond donors (Lipinski definition) is 1. The molecular formula is C16H12F2N2O4S. The van der Waals surface area contributed by atoms with Crippen molar-refractivity contribution in [2.75, 3.05) is 0 Å². The lowest BCUT2D eigenvalue weighted by atomic mass is 10.1. The number of benzene rings is 2. The Balaban J connectivity index is 2.19. The number of rotatable bonds is 3. The summed E-state index contributed by atoms with van der Waals surface area (Å²) in [5, 5.41) is 4.93. The molecule has 1 heterocycles. The van der Waals surface area contributed by atoms with E-state index in [2.05, 4.69) is 0 Å². The molecule has 0 atom stereocenters. The van der Waals surface area contributed by atoms with Crippen molar-refractivity contribution in [1.82, 2.24) is 4.57 Å². The highest BCUT2D eigenvalue weighted by Gasteiger charge is 2.18. The van der Waals surface area contributed by atoms with Gasteiger partial charge in [0.15, 0.2) is 0 Å². The van der Waals surface area contributed by atoms with Crippen LogP contribution in [0.25, 0.3) is 16.9 Å². The molecule has 0 aliphatic rings. The van der Waals surface area contributed by atoms with Gasteiger partial charge >= 0.3 is 5.76 Å². The molecule has 2 aromatic carbocycles. The molecule has 0 saturated heterocycles. The maximum Gasteiger partial charge on any atom is 0.424 e. The molecule has 0 radical (unpaired) electrons. The van der Waals surface area contributed by atoms with Crippen LogP contribution in [0, 0.1) is 18.6 Å². The van der Waals surface area contributed by atoms with E-state index in [9.17, 15) is 22.0 Å². The van der Waals surface area contributed by atoms with Crippen molar-refractivity contribution >= 4 is 10.0 Å². The first kappa shape index (κ1) is 17.1. The molecule has 1 aromatic heterocycles. The van der Waals surface area contributed by atoms with Crippen LogP contribution in [-0.2, 0) is 10.0 Å². The molecule has 0 aliphatic heterocycles. The fraction of sp³-hybridized carbons (Fsp3) is 0.0625. The van der Waals surface area contributed by atoms with Gasteiger partial charge in [-0.25, -0.2) is 31.7 Å². The number of nitrogens with two attached hydrogens (primary N) is 1. The van der Waals surface area contributed by atoms with Gasteiger partial charge < -0.3 is 4.42 Å². The summed E-state index contributed by atoms with van der Waals surface area (Å²) in [7, 11) is -4.21. The van der Waals surface area contributed by atoms with E-state index in [1.54, 1.807) is 0 Å². The molecule has 0 bridgehead atoms. The van der Waals surface area contributed by atoms with Gasteiger partial charge in [-0.2, -0.15) is 0 Å². The molecule has 0 spiro atoms. The molecule has 3 rings (SSSR count). The van der Waals surface area contributed by atoms with Gasteiger partial charge in [-0.1, -0.05) is 6.07 Å². The van der Waals surface area contributed by atoms with Crippen LogP contribution in [0.5, 0.6) is 0 Å². The summed E-state index contributed by atoms with van der Waals surface area (Å²) in [6, 6.07) is 7.22. The third kappa shape index (κ3) is 3.11. The molecule has 25 heavy (non-hydrogen) atoms. The normalized spacial score (nSPS) is 11.7. The van der Waals surface area contributed by atoms with Crippen LogP contribution in [0.4, 0.5) is 8.78 Å². The highest BCUT2D eigenvalue weighted by Crippen LogP contribution is 2.26. The summed E-state index contributed by atoms with van der Waals surface area (Å²) in [6.07, 6.45) is 1.10. The van der Waals surface area contributed by atoms with Crippen LogP contribution in [0.15, 0.2) is 56.8 Å². The maximum absolute atomic E-state index is 14.1. The maximum atomic E-state index is 14.1. The van der Waals surface area contributed by atoms with Gasteiger partial charge in [0.1, 0.15) is 22.8 Å². The zero-order valence-corrected chi connectivity index (χ0v) is 13.7. The van der Waals surface area contributed by atoms with Crippen molar-refractivity contribution in [2.45, 2.75) is 11.8 Å². The van der Waals surface area contributed by atoms with E-state index in [4.69, 9.17) is 9.56 Å². The number of primary sulfonamides is 1. The van der Waals surface area contributed by atoms with E-state index in [-0.39, 0.29) is 11.3 Å². The molecule has 3 aromatic rings. The number of oxazole rings is 1. The van der Waals surface area contributed by atoms with Crippen LogP contribution in [0.3, 0.4) is 0 Å². The van der Waals surface area contributed by atoms with Crippen molar-refractivity contribution in [3.05, 3.63) is 70.4 Å². The predicted molar refractivity (Wildman–Crippen MR) is 85.8 cm³/mol. The van der Waals surface area contributed by atoms with Gasteiger partial charge in [0.05, 0.1) is 11.4 Å². The van der Waals surface area contributed by atoms with Crippen LogP contribution in [-0.4, -0.2) is 13.0 Å². The smallest absolute Gasteiger partial charge is 0.415 e. The van der Waals surface area contributed by atoms with E-state index in [1.807, 2.05) is 0 Å². The van der Waals surface area contributed by atoms with Crippen molar-refractivity contribution in [1.29, 1.82) is 0 Å². The number of hydrogen-bond acceptors (Lipinski definition) is 4. The zero-order chi connectivity index (χ0) is 18.4. The quantitative estimate of drug-likeness (QED) is 0.770. The van der Waals surface area contributed by atoms with Gasteiger partial charge in [0.2, 0.25) is 10.0 Å². The van der Waals surface area contributed by atoms with E-state index >= 15 is 0 Å². The van der Waals surface area contributed by atoms with Crippen LogP contribution in [0.2, 0.25) is 0 Å². The van der Waals surface area contributed by atoms with Crippen LogP contribution in [0.1, 0.15) is 5.56 Å². The average molecular weight is 366 g/mol. The average Bonchev–Trinajstić information content (AvgIpc) is 2.90. The molecule has 9 heteroatoms. The minimum Gasteiger partial charge on any atom is -0.415 e. The largest absolute Gasteiger partial charge is 0.424 e. The molecule has 2 N–H and O–H groups in total. The van der Waals surface area contributed by atoms with E-state index in [1.165, 1.54) is 31.2 Å². The van der Waals surface area contributed by atoms with Gasteiger partial charge in [-0.15, -0.1) is 0 Å². The lowest BCUT2D eigenvalue weighted by Gasteiger charge is -2.09. The van der Waals surface area contributed by atoms with Crippen LogP contribution < -0.4 is 10.9 Å². The molecule has 0 unspecified atom stereocenters. The van der Waals surface area contributed by atoms with Crippen LogP contribution >= 0.6 is 0 Å². The number of aryl methyl sites for hydroxylation is 1. The monoisotopic (exact) mass is 366 g/mol. The molecular weight excluding hydrogens is 354 g/mol. The number of aromatic nitrogens is 1. The minimum atomic E-state index is -4.21. The summed E-state index contributed by atoms with van der Waals surface area (Å²) < 4.78 is 56.1. The second kappa shape index (κ2) is 5.94. The minimum absolute atomic E-state index is 0.177. The highest BCUT2D eigenvalue weighted by molar-refractivity contribution is 7.89. The Labute approximate surface area is 141 Å². The second-order valence-electron chi connectivity index (χ2n) is 5.35. The Bertz CT molecular complexity index is 1130. The van der Waals surface area contributed by atoms with Crippen molar-refractivity contribution in [2.24, 2.45) is 5.14 Å². The Hall–Kier alpha value is -2.78. The molecule has 6 nitrogen and oxygen atoms in total. The third-order valence-electron chi connectivity index (χ3n) is 3.63. The molecule has 0 amide bonds. The molecule has 0 saturated carbocycles. The summed E-state index contributed by atoms with van der Waals surface area (Å²) in [4.78, 5) is 11.4.